The number of furan rings is 1. The first kappa shape index (κ1) is 10.6. The van der Waals surface area contributed by atoms with Crippen LogP contribution in [0.25, 0.3) is 0 Å². The summed E-state index contributed by atoms with van der Waals surface area (Å²) < 4.78 is 4.92. The largest absolute Gasteiger partial charge is 0.472 e. The number of fused-ring (bicyclic) bond motifs is 1. The standard InChI is InChI=1S/C13H10N2O3/c14-10-3-1-2-9-11(10)13(17)15(12(9)16)6-8-4-5-18-7-8/h1-5,7H,6,14H2. The minimum absolute atomic E-state index is 0.197. The van der Waals surface area contributed by atoms with Crippen molar-refractivity contribution < 1.29 is 14.0 Å². The third-order valence-corrected chi connectivity index (χ3v) is 2.95. The van der Waals surface area contributed by atoms with Gasteiger partial charge in [-0.25, -0.2) is 0 Å². The highest BCUT2D eigenvalue weighted by Crippen LogP contribution is 2.28. The molecule has 1 aromatic heterocycles. The van der Waals surface area contributed by atoms with Gasteiger partial charge in [-0.2, -0.15) is 0 Å². The summed E-state index contributed by atoms with van der Waals surface area (Å²) in [7, 11) is 0. The lowest BCUT2D eigenvalue weighted by Gasteiger charge is -2.11. The van der Waals surface area contributed by atoms with Crippen molar-refractivity contribution in [2.75, 3.05) is 5.73 Å². The normalized spacial score (nSPS) is 14.1. The Bertz CT molecular complexity index is 632. The zero-order valence-electron chi connectivity index (χ0n) is 9.42. The van der Waals surface area contributed by atoms with Crippen molar-refractivity contribution in [3.63, 3.8) is 0 Å². The van der Waals surface area contributed by atoms with Crippen LogP contribution >= 0.6 is 0 Å². The van der Waals surface area contributed by atoms with E-state index in [0.29, 0.717) is 16.8 Å². The Kier molecular flexibility index (Phi) is 2.19. The lowest BCUT2D eigenvalue weighted by molar-refractivity contribution is 0.0642. The molecule has 0 spiro atoms. The number of carbonyl (C=O) groups excluding carboxylic acids is 2. The van der Waals surface area contributed by atoms with Gasteiger partial charge in [0.25, 0.3) is 11.8 Å². The SMILES string of the molecule is Nc1cccc2c1C(=O)N(Cc1ccoc1)C2=O. The average Bonchev–Trinajstić information content (AvgIpc) is 2.94. The van der Waals surface area contributed by atoms with Crippen LogP contribution in [0.5, 0.6) is 0 Å². The third kappa shape index (κ3) is 1.41. The van der Waals surface area contributed by atoms with Gasteiger partial charge in [-0.05, 0) is 18.2 Å². The molecule has 3 rings (SSSR count). The van der Waals surface area contributed by atoms with Gasteiger partial charge < -0.3 is 10.2 Å². The fourth-order valence-corrected chi connectivity index (χ4v) is 2.07. The van der Waals surface area contributed by atoms with E-state index >= 15 is 0 Å². The molecule has 0 saturated heterocycles. The van der Waals surface area contributed by atoms with Crippen molar-refractivity contribution in [3.8, 4) is 0 Å². The van der Waals surface area contributed by atoms with E-state index in [9.17, 15) is 9.59 Å². The van der Waals surface area contributed by atoms with E-state index in [1.54, 1.807) is 24.3 Å². The predicted molar refractivity (Wildman–Crippen MR) is 63.8 cm³/mol. The number of imide groups is 1. The lowest BCUT2D eigenvalue weighted by atomic mass is 10.1. The molecular weight excluding hydrogens is 232 g/mol. The first-order chi connectivity index (χ1) is 8.68. The molecule has 0 unspecified atom stereocenters. The van der Waals surface area contributed by atoms with Gasteiger partial charge in [-0.15, -0.1) is 0 Å². The molecule has 0 atom stereocenters. The second kappa shape index (κ2) is 3.73. The van der Waals surface area contributed by atoms with Crippen LogP contribution in [0.1, 0.15) is 26.3 Å². The zero-order chi connectivity index (χ0) is 12.7. The number of nitrogen functional groups attached to an aromatic ring is 1. The monoisotopic (exact) mass is 242 g/mol. The van der Waals surface area contributed by atoms with Gasteiger partial charge in [-0.3, -0.25) is 14.5 Å². The van der Waals surface area contributed by atoms with Gasteiger partial charge in [0.1, 0.15) is 0 Å². The van der Waals surface area contributed by atoms with Crippen molar-refractivity contribution in [1.29, 1.82) is 0 Å². The summed E-state index contributed by atoms with van der Waals surface area (Å²) in [5.41, 5.74) is 7.50. The van der Waals surface area contributed by atoms with Crippen LogP contribution in [-0.2, 0) is 6.54 Å². The second-order valence-corrected chi connectivity index (χ2v) is 4.10. The van der Waals surface area contributed by atoms with E-state index in [1.807, 2.05) is 0 Å². The third-order valence-electron chi connectivity index (χ3n) is 2.95. The quantitative estimate of drug-likeness (QED) is 0.641. The van der Waals surface area contributed by atoms with Gasteiger partial charge in [0, 0.05) is 11.3 Å². The molecule has 2 aromatic rings. The van der Waals surface area contributed by atoms with Crippen LogP contribution in [0.2, 0.25) is 0 Å². The number of nitrogens with zero attached hydrogens (tertiary/aromatic N) is 1. The summed E-state index contributed by atoms with van der Waals surface area (Å²) >= 11 is 0. The van der Waals surface area contributed by atoms with Gasteiger partial charge in [-0.1, -0.05) is 6.07 Å². The van der Waals surface area contributed by atoms with Crippen LogP contribution in [0.3, 0.4) is 0 Å². The van der Waals surface area contributed by atoms with E-state index in [0.717, 1.165) is 5.56 Å². The highest BCUT2D eigenvalue weighted by atomic mass is 16.3. The molecule has 1 aromatic carbocycles. The molecular formula is C13H10N2O3. The Hall–Kier alpha value is -2.56. The number of hydrogen-bond acceptors (Lipinski definition) is 4. The molecule has 1 aliphatic heterocycles. The van der Waals surface area contributed by atoms with E-state index < -0.39 is 0 Å². The predicted octanol–water partition coefficient (Wildman–Crippen LogP) is 1.66. The molecule has 0 saturated carbocycles. The highest BCUT2D eigenvalue weighted by Gasteiger charge is 2.36. The smallest absolute Gasteiger partial charge is 0.263 e. The maximum absolute atomic E-state index is 12.1. The van der Waals surface area contributed by atoms with Gasteiger partial charge in [0.05, 0.1) is 30.2 Å². The lowest BCUT2D eigenvalue weighted by Crippen LogP contribution is -2.29. The van der Waals surface area contributed by atoms with Gasteiger partial charge >= 0.3 is 0 Å². The van der Waals surface area contributed by atoms with Crippen LogP contribution < -0.4 is 5.73 Å². The second-order valence-electron chi connectivity index (χ2n) is 4.10. The van der Waals surface area contributed by atoms with Crippen LogP contribution in [-0.4, -0.2) is 16.7 Å². The summed E-state index contributed by atoms with van der Waals surface area (Å²) in [6.45, 7) is 0.197. The minimum Gasteiger partial charge on any atom is -0.472 e. The molecule has 0 bridgehead atoms. The number of rotatable bonds is 2. The number of hydrogen-bond donors (Lipinski definition) is 1. The Morgan fingerprint density at radius 2 is 2.00 bits per heavy atom. The highest BCUT2D eigenvalue weighted by molar-refractivity contribution is 6.23. The van der Waals surface area contributed by atoms with E-state index in [4.69, 9.17) is 10.2 Å². The van der Waals surface area contributed by atoms with Gasteiger partial charge in [0.2, 0.25) is 0 Å². The van der Waals surface area contributed by atoms with E-state index in [1.165, 1.54) is 17.4 Å². The summed E-state index contributed by atoms with van der Waals surface area (Å²) in [6.07, 6.45) is 3.01. The molecule has 5 heteroatoms. The number of anilines is 1. The molecule has 18 heavy (non-hydrogen) atoms. The molecule has 5 nitrogen and oxygen atoms in total. The Morgan fingerprint density at radius 3 is 2.67 bits per heavy atom. The van der Waals surface area contributed by atoms with Gasteiger partial charge in [0.15, 0.2) is 0 Å². The van der Waals surface area contributed by atoms with Crippen molar-refractivity contribution >= 4 is 17.5 Å². The molecule has 0 fully saturated rings. The van der Waals surface area contributed by atoms with E-state index in [-0.39, 0.29) is 18.4 Å². The van der Waals surface area contributed by atoms with Crippen molar-refractivity contribution in [1.82, 2.24) is 4.90 Å². The summed E-state index contributed by atoms with van der Waals surface area (Å²) in [5.74, 6) is -0.669. The molecule has 0 aliphatic carbocycles. The number of amides is 2. The Labute approximate surface area is 103 Å². The molecule has 90 valence electrons. The van der Waals surface area contributed by atoms with Crippen molar-refractivity contribution in [2.45, 2.75) is 6.54 Å². The first-order valence-corrected chi connectivity index (χ1v) is 5.44. The molecule has 2 heterocycles. The summed E-state index contributed by atoms with van der Waals surface area (Å²) in [6, 6.07) is 6.61. The summed E-state index contributed by atoms with van der Waals surface area (Å²) in [5, 5.41) is 0. The maximum Gasteiger partial charge on any atom is 0.263 e. The van der Waals surface area contributed by atoms with Crippen molar-refractivity contribution in [2.24, 2.45) is 0 Å². The molecule has 0 radical (unpaired) electrons. The zero-order valence-corrected chi connectivity index (χ0v) is 9.42. The Morgan fingerprint density at radius 1 is 1.17 bits per heavy atom. The maximum atomic E-state index is 12.1. The molecule has 1 aliphatic rings. The fourth-order valence-electron chi connectivity index (χ4n) is 2.07. The topological polar surface area (TPSA) is 76.5 Å². The summed E-state index contributed by atoms with van der Waals surface area (Å²) in [4.78, 5) is 25.4. The number of carbonyl (C=O) groups is 2. The molecule has 2 amide bonds. The number of benzene rings is 1. The first-order valence-electron chi connectivity index (χ1n) is 5.44. The fraction of sp³-hybridized carbons (Fsp3) is 0.0769. The van der Waals surface area contributed by atoms with Crippen molar-refractivity contribution in [3.05, 3.63) is 53.5 Å². The average molecular weight is 242 g/mol. The van der Waals surface area contributed by atoms with Crippen LogP contribution in [0, 0.1) is 0 Å². The van der Waals surface area contributed by atoms with Crippen LogP contribution in [0.15, 0.2) is 41.2 Å². The number of nitrogens with two attached hydrogens (primary N) is 1. The van der Waals surface area contributed by atoms with Crippen LogP contribution in [0.4, 0.5) is 5.69 Å². The van der Waals surface area contributed by atoms with E-state index in [2.05, 4.69) is 0 Å². The Balaban J connectivity index is 2.00. The molecule has 2 N–H and O–H groups in total. The minimum atomic E-state index is -0.352.